The van der Waals surface area contributed by atoms with E-state index in [4.69, 9.17) is 14.0 Å². The van der Waals surface area contributed by atoms with E-state index in [1.54, 1.807) is 17.2 Å². The zero-order valence-electron chi connectivity index (χ0n) is 14.7. The number of nitrogens with zero attached hydrogens (tertiary/aromatic N) is 2. The Hall–Kier alpha value is -1.64. The van der Waals surface area contributed by atoms with Crippen molar-refractivity contribution in [3.63, 3.8) is 0 Å². The lowest BCUT2D eigenvalue weighted by Crippen LogP contribution is -2.43. The first-order valence-electron chi connectivity index (χ1n) is 8.24. The van der Waals surface area contributed by atoms with Gasteiger partial charge in [0.05, 0.1) is 24.4 Å². The van der Waals surface area contributed by atoms with Gasteiger partial charge in [-0.15, -0.1) is 0 Å². The minimum Gasteiger partial charge on any atom is -0.399 e. The lowest BCUT2D eigenvalue weighted by atomic mass is 9.80. The van der Waals surface area contributed by atoms with Gasteiger partial charge in [-0.1, -0.05) is 6.07 Å². The van der Waals surface area contributed by atoms with Crippen molar-refractivity contribution < 1.29 is 18.8 Å². The van der Waals surface area contributed by atoms with E-state index in [9.17, 15) is 4.79 Å². The third-order valence-electron chi connectivity index (χ3n) is 4.85. The molecule has 1 aromatic rings. The highest BCUT2D eigenvalue weighted by Crippen LogP contribution is 2.36. The summed E-state index contributed by atoms with van der Waals surface area (Å²) >= 11 is 0. The monoisotopic (exact) mass is 333 g/mol. The predicted octanol–water partition coefficient (Wildman–Crippen LogP) is 1.24. The minimum absolute atomic E-state index is 0.158. The number of pyridine rings is 1. The predicted molar refractivity (Wildman–Crippen MR) is 91.4 cm³/mol. The van der Waals surface area contributed by atoms with E-state index in [1.807, 2.05) is 33.8 Å². The number of hydrogen-bond donors (Lipinski definition) is 1. The van der Waals surface area contributed by atoms with E-state index in [0.717, 1.165) is 5.46 Å². The average Bonchev–Trinajstić information content (AvgIpc) is 2.77. The molecule has 24 heavy (non-hydrogen) atoms. The average molecular weight is 333 g/mol. The zero-order valence-corrected chi connectivity index (χ0v) is 14.7. The van der Waals surface area contributed by atoms with Crippen LogP contribution in [0.1, 0.15) is 27.7 Å². The Morgan fingerprint density at radius 1 is 1.17 bits per heavy atom. The van der Waals surface area contributed by atoms with Gasteiger partial charge in [0.25, 0.3) is 0 Å². The van der Waals surface area contributed by atoms with Gasteiger partial charge in [-0.2, -0.15) is 0 Å². The fraction of sp³-hybridized carbons (Fsp3) is 0.625. The van der Waals surface area contributed by atoms with Crippen LogP contribution in [-0.2, 0) is 14.0 Å². The Morgan fingerprint density at radius 3 is 2.33 bits per heavy atom. The fourth-order valence-electron chi connectivity index (χ4n) is 2.55. The normalized spacial score (nSPS) is 22.5. The highest BCUT2D eigenvalue weighted by Gasteiger charge is 2.51. The number of morpholine rings is 1. The Bertz CT molecular complexity index is 584. The second-order valence-corrected chi connectivity index (χ2v) is 7.09. The number of carbonyl (C=O) groups excluding carboxylic acids is 1. The van der Waals surface area contributed by atoms with Gasteiger partial charge in [-0.25, -0.2) is 9.78 Å². The molecule has 0 bridgehead atoms. The molecule has 0 unspecified atom stereocenters. The summed E-state index contributed by atoms with van der Waals surface area (Å²) in [7, 11) is -0.452. The summed E-state index contributed by atoms with van der Waals surface area (Å²) in [5.74, 6) is 0.506. The molecule has 0 radical (unpaired) electrons. The SMILES string of the molecule is CC1(C)OB(c2ccc(NC(=O)N3CCOCC3)nc2)OC1(C)C. The number of ether oxygens (including phenoxy) is 1. The molecule has 0 atom stereocenters. The molecule has 8 heteroatoms. The Labute approximate surface area is 142 Å². The van der Waals surface area contributed by atoms with Gasteiger partial charge >= 0.3 is 13.1 Å². The summed E-state index contributed by atoms with van der Waals surface area (Å²) in [5.41, 5.74) is 0.0555. The molecule has 2 saturated heterocycles. The first-order chi connectivity index (χ1) is 11.3. The van der Waals surface area contributed by atoms with Gasteiger partial charge in [0.1, 0.15) is 5.82 Å². The van der Waals surface area contributed by atoms with Crippen molar-refractivity contribution in [3.05, 3.63) is 18.3 Å². The summed E-state index contributed by atoms with van der Waals surface area (Å²) in [4.78, 5) is 18.2. The molecule has 0 spiro atoms. The Balaban J connectivity index is 1.63. The second kappa shape index (κ2) is 6.35. The van der Waals surface area contributed by atoms with E-state index in [0.29, 0.717) is 32.1 Å². The van der Waals surface area contributed by atoms with Gasteiger partial charge < -0.3 is 18.9 Å². The number of aromatic nitrogens is 1. The van der Waals surface area contributed by atoms with Crippen LogP contribution in [0.2, 0.25) is 0 Å². The van der Waals surface area contributed by atoms with Crippen LogP contribution >= 0.6 is 0 Å². The topological polar surface area (TPSA) is 72.9 Å². The third kappa shape index (κ3) is 3.40. The van der Waals surface area contributed by atoms with Gasteiger partial charge in [0.15, 0.2) is 0 Å². The molecular weight excluding hydrogens is 309 g/mol. The number of carbonyl (C=O) groups is 1. The molecule has 2 amide bonds. The van der Waals surface area contributed by atoms with Gasteiger partial charge in [-0.3, -0.25) is 5.32 Å². The number of amides is 2. The molecule has 0 saturated carbocycles. The summed E-state index contributed by atoms with van der Waals surface area (Å²) in [5, 5.41) is 2.80. The fourth-order valence-corrected chi connectivity index (χ4v) is 2.55. The molecule has 2 aliphatic rings. The molecule has 2 aliphatic heterocycles. The molecule has 7 nitrogen and oxygen atoms in total. The van der Waals surface area contributed by atoms with Crippen LogP contribution < -0.4 is 10.8 Å². The van der Waals surface area contributed by atoms with E-state index >= 15 is 0 Å². The summed E-state index contributed by atoms with van der Waals surface area (Å²) in [6.07, 6.45) is 1.68. The van der Waals surface area contributed by atoms with E-state index < -0.39 is 7.12 Å². The second-order valence-electron chi connectivity index (χ2n) is 7.09. The number of nitrogens with one attached hydrogen (secondary N) is 1. The van der Waals surface area contributed by atoms with E-state index in [2.05, 4.69) is 10.3 Å². The van der Waals surface area contributed by atoms with Crippen molar-refractivity contribution in [2.45, 2.75) is 38.9 Å². The molecule has 2 fully saturated rings. The standard InChI is InChI=1S/C16H24BN3O4/c1-15(2)16(3,4)24-17(23-15)12-5-6-13(18-11-12)19-14(21)20-7-9-22-10-8-20/h5-6,11H,7-10H2,1-4H3,(H,18,19,21). The maximum absolute atomic E-state index is 12.1. The molecule has 0 aromatic carbocycles. The highest BCUT2D eigenvalue weighted by atomic mass is 16.7. The maximum Gasteiger partial charge on any atom is 0.496 e. The Morgan fingerprint density at radius 2 is 1.79 bits per heavy atom. The van der Waals surface area contributed by atoms with Crippen LogP contribution in [0, 0.1) is 0 Å². The van der Waals surface area contributed by atoms with Gasteiger partial charge in [-0.05, 0) is 33.8 Å². The van der Waals surface area contributed by atoms with E-state index in [-0.39, 0.29) is 17.2 Å². The number of hydrogen-bond acceptors (Lipinski definition) is 5. The van der Waals surface area contributed by atoms with Crippen LogP contribution in [0.4, 0.5) is 10.6 Å². The zero-order chi connectivity index (χ0) is 17.4. The molecule has 0 aliphatic carbocycles. The first kappa shape index (κ1) is 17.2. The molecule has 3 rings (SSSR count). The maximum atomic E-state index is 12.1. The van der Waals surface area contributed by atoms with Crippen LogP contribution in [0.25, 0.3) is 0 Å². The molecule has 130 valence electrons. The van der Waals surface area contributed by atoms with Crippen molar-refractivity contribution >= 4 is 24.4 Å². The van der Waals surface area contributed by atoms with Crippen molar-refractivity contribution in [1.29, 1.82) is 0 Å². The van der Waals surface area contributed by atoms with Crippen molar-refractivity contribution in [2.24, 2.45) is 0 Å². The smallest absolute Gasteiger partial charge is 0.399 e. The van der Waals surface area contributed by atoms with Crippen LogP contribution in [-0.4, -0.2) is 60.5 Å². The lowest BCUT2D eigenvalue weighted by Gasteiger charge is -2.32. The number of urea groups is 1. The lowest BCUT2D eigenvalue weighted by molar-refractivity contribution is 0.00578. The van der Waals surface area contributed by atoms with Crippen molar-refractivity contribution in [2.75, 3.05) is 31.6 Å². The quantitative estimate of drug-likeness (QED) is 0.825. The molecular formula is C16H24BN3O4. The van der Waals surface area contributed by atoms with E-state index in [1.165, 1.54) is 0 Å². The number of rotatable bonds is 2. The summed E-state index contributed by atoms with van der Waals surface area (Å²) < 4.78 is 17.2. The van der Waals surface area contributed by atoms with Crippen LogP contribution in [0.3, 0.4) is 0 Å². The minimum atomic E-state index is -0.452. The first-order valence-corrected chi connectivity index (χ1v) is 8.24. The summed E-state index contributed by atoms with van der Waals surface area (Å²) in [6, 6.07) is 3.47. The number of anilines is 1. The van der Waals surface area contributed by atoms with Crippen LogP contribution in [0.15, 0.2) is 18.3 Å². The summed E-state index contributed by atoms with van der Waals surface area (Å²) in [6.45, 7) is 10.4. The molecule has 1 aromatic heterocycles. The third-order valence-corrected chi connectivity index (χ3v) is 4.85. The highest BCUT2D eigenvalue weighted by molar-refractivity contribution is 6.62. The van der Waals surface area contributed by atoms with Crippen molar-refractivity contribution in [1.82, 2.24) is 9.88 Å². The molecule has 3 heterocycles. The van der Waals surface area contributed by atoms with Crippen LogP contribution in [0.5, 0.6) is 0 Å². The molecule has 1 N–H and O–H groups in total. The van der Waals surface area contributed by atoms with Gasteiger partial charge in [0.2, 0.25) is 0 Å². The largest absolute Gasteiger partial charge is 0.496 e. The van der Waals surface area contributed by atoms with Gasteiger partial charge in [0, 0.05) is 24.7 Å². The Kier molecular flexibility index (Phi) is 4.55. The van der Waals surface area contributed by atoms with Crippen molar-refractivity contribution in [3.8, 4) is 0 Å².